The monoisotopic (exact) mass is 378 g/mol. The Bertz CT molecular complexity index is 737. The molecule has 142 valence electrons. The van der Waals surface area contributed by atoms with Gasteiger partial charge in [0.25, 0.3) is 5.91 Å². The number of rotatable bonds is 7. The third-order valence-corrected chi connectivity index (χ3v) is 6.71. The molecule has 0 aromatic heterocycles. The van der Waals surface area contributed by atoms with E-state index in [1.54, 1.807) is 6.08 Å². The summed E-state index contributed by atoms with van der Waals surface area (Å²) in [5, 5.41) is 4.34. The average Bonchev–Trinajstić information content (AvgIpc) is 3.46. The summed E-state index contributed by atoms with van der Waals surface area (Å²) in [6.07, 6.45) is 4.05. The fourth-order valence-corrected chi connectivity index (χ4v) is 4.49. The Morgan fingerprint density at radius 3 is 2.54 bits per heavy atom. The van der Waals surface area contributed by atoms with Gasteiger partial charge >= 0.3 is 0 Å². The Hall–Kier alpha value is -1.70. The molecule has 1 aromatic carbocycles. The van der Waals surface area contributed by atoms with Crippen LogP contribution in [0.15, 0.2) is 35.7 Å². The standard InChI is InChI=1S/C19H27N3O3S/c1-16(18-7-8-18)20-19(23)15-21-10-12-22(13-11-21)26(24,25)14-9-17-5-3-2-4-6-17/h2-6,9,14,16,18H,7-8,10-13,15H2,1H3,(H,20,23)/p+1/b14-9+/t16-/m0/s1. The first kappa shape index (κ1) is 19.1. The van der Waals surface area contributed by atoms with Crippen LogP contribution in [0.4, 0.5) is 0 Å². The second kappa shape index (κ2) is 8.33. The van der Waals surface area contributed by atoms with Crippen LogP contribution in [0.25, 0.3) is 6.08 Å². The minimum Gasteiger partial charge on any atom is -0.348 e. The molecule has 1 aromatic rings. The van der Waals surface area contributed by atoms with Gasteiger partial charge in [0, 0.05) is 11.4 Å². The maximum atomic E-state index is 12.5. The lowest BCUT2D eigenvalue weighted by atomic mass is 10.2. The highest BCUT2D eigenvalue weighted by Gasteiger charge is 2.31. The lowest BCUT2D eigenvalue weighted by Gasteiger charge is -2.30. The number of quaternary nitrogens is 1. The van der Waals surface area contributed by atoms with Crippen LogP contribution in [-0.4, -0.2) is 57.4 Å². The van der Waals surface area contributed by atoms with E-state index in [1.165, 1.54) is 22.6 Å². The normalized spacial score (nSPS) is 21.0. The van der Waals surface area contributed by atoms with E-state index >= 15 is 0 Å². The molecule has 2 aliphatic rings. The zero-order valence-corrected chi connectivity index (χ0v) is 16.0. The van der Waals surface area contributed by atoms with Crippen LogP contribution >= 0.6 is 0 Å². The topological polar surface area (TPSA) is 70.9 Å². The Kier molecular flexibility index (Phi) is 6.11. The largest absolute Gasteiger partial charge is 0.348 e. The number of carbonyl (C=O) groups is 1. The van der Waals surface area contributed by atoms with Crippen molar-refractivity contribution >= 4 is 22.0 Å². The van der Waals surface area contributed by atoms with Crippen LogP contribution in [0.2, 0.25) is 0 Å². The number of nitrogens with zero attached hydrogens (tertiary/aromatic N) is 1. The fourth-order valence-electron chi connectivity index (χ4n) is 3.29. The molecule has 1 aliphatic carbocycles. The van der Waals surface area contributed by atoms with Gasteiger partial charge in [-0.3, -0.25) is 4.79 Å². The molecule has 1 aliphatic heterocycles. The maximum Gasteiger partial charge on any atom is 0.275 e. The zero-order chi connectivity index (χ0) is 18.6. The van der Waals surface area contributed by atoms with Crippen molar-refractivity contribution in [3.05, 3.63) is 41.3 Å². The van der Waals surface area contributed by atoms with Gasteiger partial charge in [0.2, 0.25) is 10.0 Å². The molecule has 0 unspecified atom stereocenters. The summed E-state index contributed by atoms with van der Waals surface area (Å²) in [7, 11) is -3.42. The molecular formula is C19H28N3O3S+. The van der Waals surface area contributed by atoms with Gasteiger partial charge in [-0.2, -0.15) is 4.31 Å². The number of carbonyl (C=O) groups excluding carboxylic acids is 1. The number of sulfonamides is 1. The Morgan fingerprint density at radius 1 is 1.27 bits per heavy atom. The highest BCUT2D eigenvalue weighted by Crippen LogP contribution is 2.32. The number of piperazine rings is 1. The number of nitrogens with one attached hydrogen (secondary N) is 2. The Morgan fingerprint density at radius 2 is 1.92 bits per heavy atom. The lowest BCUT2D eigenvalue weighted by Crippen LogP contribution is -3.15. The minimum atomic E-state index is -3.42. The van der Waals surface area contributed by atoms with E-state index < -0.39 is 10.0 Å². The molecule has 6 nitrogen and oxygen atoms in total. The lowest BCUT2D eigenvalue weighted by molar-refractivity contribution is -0.895. The van der Waals surface area contributed by atoms with Crippen LogP contribution in [0.3, 0.4) is 0 Å². The van der Waals surface area contributed by atoms with E-state index in [9.17, 15) is 13.2 Å². The smallest absolute Gasteiger partial charge is 0.275 e. The molecule has 1 atom stereocenters. The van der Waals surface area contributed by atoms with E-state index in [0.717, 1.165) is 10.5 Å². The maximum absolute atomic E-state index is 12.5. The summed E-state index contributed by atoms with van der Waals surface area (Å²) in [6, 6.07) is 9.65. The zero-order valence-electron chi connectivity index (χ0n) is 15.2. The third-order valence-electron chi connectivity index (χ3n) is 5.15. The summed E-state index contributed by atoms with van der Waals surface area (Å²) in [5.41, 5.74) is 0.863. The first-order valence-electron chi connectivity index (χ1n) is 9.30. The molecule has 1 amide bonds. The highest BCUT2D eigenvalue weighted by molar-refractivity contribution is 7.92. The van der Waals surface area contributed by atoms with Crippen molar-refractivity contribution in [3.8, 4) is 0 Å². The quantitative estimate of drug-likeness (QED) is 0.707. The van der Waals surface area contributed by atoms with Crippen molar-refractivity contribution in [2.75, 3.05) is 32.7 Å². The van der Waals surface area contributed by atoms with Gasteiger partial charge in [0.1, 0.15) is 0 Å². The van der Waals surface area contributed by atoms with Crippen LogP contribution in [0.1, 0.15) is 25.3 Å². The fraction of sp³-hybridized carbons (Fsp3) is 0.526. The van der Waals surface area contributed by atoms with Gasteiger partial charge in [0.05, 0.1) is 26.2 Å². The summed E-state index contributed by atoms with van der Waals surface area (Å²) in [4.78, 5) is 13.3. The van der Waals surface area contributed by atoms with Crippen molar-refractivity contribution in [1.29, 1.82) is 0 Å². The highest BCUT2D eigenvalue weighted by atomic mass is 32.2. The predicted octanol–water partition coefficient (Wildman–Crippen LogP) is 0.102. The second-order valence-electron chi connectivity index (χ2n) is 7.28. The second-order valence-corrected chi connectivity index (χ2v) is 9.10. The van der Waals surface area contributed by atoms with Crippen LogP contribution in [0, 0.1) is 5.92 Å². The van der Waals surface area contributed by atoms with E-state index in [-0.39, 0.29) is 11.9 Å². The van der Waals surface area contributed by atoms with Gasteiger partial charge in [-0.25, -0.2) is 8.42 Å². The molecule has 2 fully saturated rings. The third kappa shape index (κ3) is 5.40. The van der Waals surface area contributed by atoms with E-state index in [1.807, 2.05) is 30.3 Å². The number of hydrogen-bond acceptors (Lipinski definition) is 3. The van der Waals surface area contributed by atoms with Crippen molar-refractivity contribution in [3.63, 3.8) is 0 Å². The van der Waals surface area contributed by atoms with E-state index in [0.29, 0.717) is 38.6 Å². The first-order chi connectivity index (χ1) is 12.4. The first-order valence-corrected chi connectivity index (χ1v) is 10.8. The van der Waals surface area contributed by atoms with Crippen molar-refractivity contribution in [1.82, 2.24) is 9.62 Å². The molecule has 0 bridgehead atoms. The molecule has 2 N–H and O–H groups in total. The Balaban J connectivity index is 1.46. The molecule has 0 radical (unpaired) electrons. The van der Waals surface area contributed by atoms with Crippen LogP contribution in [-0.2, 0) is 14.8 Å². The van der Waals surface area contributed by atoms with Crippen LogP contribution in [0.5, 0.6) is 0 Å². The summed E-state index contributed by atoms with van der Waals surface area (Å²) >= 11 is 0. The van der Waals surface area contributed by atoms with E-state index in [2.05, 4.69) is 12.2 Å². The van der Waals surface area contributed by atoms with E-state index in [4.69, 9.17) is 0 Å². The van der Waals surface area contributed by atoms with Crippen molar-refractivity contribution in [2.45, 2.75) is 25.8 Å². The average molecular weight is 379 g/mol. The van der Waals surface area contributed by atoms with Gasteiger partial charge in [-0.1, -0.05) is 30.3 Å². The molecule has 1 saturated carbocycles. The molecule has 3 rings (SSSR count). The molecule has 1 saturated heterocycles. The molecule has 7 heteroatoms. The van der Waals surface area contributed by atoms with Gasteiger partial charge in [-0.05, 0) is 37.3 Å². The SMILES string of the molecule is C[C@H](NC(=O)C[NH+]1CCN(S(=O)(=O)/C=C/c2ccccc2)CC1)C1CC1. The predicted molar refractivity (Wildman–Crippen MR) is 102 cm³/mol. The Labute approximate surface area is 155 Å². The van der Waals surface area contributed by atoms with Crippen LogP contribution < -0.4 is 10.2 Å². The molecule has 0 spiro atoms. The summed E-state index contributed by atoms with van der Waals surface area (Å²) in [5.74, 6) is 0.715. The van der Waals surface area contributed by atoms with Crippen molar-refractivity contribution in [2.24, 2.45) is 5.92 Å². The molecule has 26 heavy (non-hydrogen) atoms. The summed E-state index contributed by atoms with van der Waals surface area (Å²) in [6.45, 7) is 4.69. The number of benzene rings is 1. The minimum absolute atomic E-state index is 0.0691. The molecular weight excluding hydrogens is 350 g/mol. The van der Waals surface area contributed by atoms with Gasteiger partial charge in [-0.15, -0.1) is 0 Å². The van der Waals surface area contributed by atoms with Gasteiger partial charge < -0.3 is 10.2 Å². The summed E-state index contributed by atoms with van der Waals surface area (Å²) < 4.78 is 26.4. The van der Waals surface area contributed by atoms with Gasteiger partial charge in [0.15, 0.2) is 6.54 Å². The van der Waals surface area contributed by atoms with Crippen molar-refractivity contribution < 1.29 is 18.1 Å². The number of amides is 1. The number of hydrogen-bond donors (Lipinski definition) is 2. The molecule has 1 heterocycles.